The molecule has 1 aromatic carbocycles. The zero-order chi connectivity index (χ0) is 18.6. The first-order valence-electron chi connectivity index (χ1n) is 9.27. The summed E-state index contributed by atoms with van der Waals surface area (Å²) >= 11 is 1.76. The Bertz CT molecular complexity index is 608. The van der Waals surface area contributed by atoms with Gasteiger partial charge >= 0.3 is 6.09 Å². The number of nitrogens with zero attached hydrogens (tertiary/aromatic N) is 1. The Morgan fingerprint density at radius 2 is 2.00 bits per heavy atom. The van der Waals surface area contributed by atoms with Gasteiger partial charge in [0.1, 0.15) is 17.5 Å². The summed E-state index contributed by atoms with van der Waals surface area (Å²) in [5.41, 5.74) is -0.455. The lowest BCUT2D eigenvalue weighted by molar-refractivity contribution is 0.0490. The summed E-state index contributed by atoms with van der Waals surface area (Å²) < 4.78 is 13.6. The van der Waals surface area contributed by atoms with Crippen LogP contribution in [0.2, 0.25) is 0 Å². The molecule has 7 heteroatoms. The van der Waals surface area contributed by atoms with Crippen molar-refractivity contribution in [1.82, 2.24) is 14.9 Å². The lowest BCUT2D eigenvalue weighted by Gasteiger charge is -2.32. The first-order valence-corrected chi connectivity index (χ1v) is 10.0. The molecule has 26 heavy (non-hydrogen) atoms. The van der Waals surface area contributed by atoms with Crippen molar-refractivity contribution in [2.24, 2.45) is 0 Å². The summed E-state index contributed by atoms with van der Waals surface area (Å²) in [6, 6.07) is 8.46. The number of alkyl carbamates (subject to hydrolysis) is 1. The maximum Gasteiger partial charge on any atom is 0.407 e. The summed E-state index contributed by atoms with van der Waals surface area (Å²) in [5, 5.41) is 6.19. The summed E-state index contributed by atoms with van der Waals surface area (Å²) in [6.45, 7) is 9.36. The van der Waals surface area contributed by atoms with Crippen LogP contribution in [-0.2, 0) is 4.74 Å². The molecule has 2 N–H and O–H groups in total. The minimum atomic E-state index is -0.455. The zero-order valence-corrected chi connectivity index (χ0v) is 16.6. The Labute approximate surface area is 160 Å². The Balaban J connectivity index is 1.42. The third-order valence-corrected chi connectivity index (χ3v) is 5.35. The van der Waals surface area contributed by atoms with Gasteiger partial charge in [-0.2, -0.15) is 0 Å². The molecule has 1 aromatic rings. The molecule has 0 aliphatic carbocycles. The van der Waals surface area contributed by atoms with Gasteiger partial charge in [0.25, 0.3) is 0 Å². The molecule has 3 rings (SSSR count). The van der Waals surface area contributed by atoms with E-state index in [-0.39, 0.29) is 12.1 Å². The predicted molar refractivity (Wildman–Crippen MR) is 104 cm³/mol. The standard InChI is InChI=1S/C19H29N3O3S/c1-19(2,3)25-18(23)21-14-7-9-22(10-8-14)26-17-6-4-5-15(11-17)24-16-12-20-13-16/h4-6,11,14,16,20H,7-10,12-13H2,1-3H3,(H,21,23). The summed E-state index contributed by atoms with van der Waals surface area (Å²) in [7, 11) is 0. The molecule has 2 fully saturated rings. The number of carbonyl (C=O) groups is 1. The topological polar surface area (TPSA) is 62.8 Å². The van der Waals surface area contributed by atoms with E-state index in [4.69, 9.17) is 9.47 Å². The van der Waals surface area contributed by atoms with Crippen molar-refractivity contribution < 1.29 is 14.3 Å². The van der Waals surface area contributed by atoms with Gasteiger partial charge in [-0.05, 0) is 63.8 Å². The maximum atomic E-state index is 11.9. The second-order valence-electron chi connectivity index (χ2n) is 7.81. The van der Waals surface area contributed by atoms with E-state index in [1.165, 1.54) is 4.90 Å². The number of rotatable bonds is 5. The molecule has 6 nitrogen and oxygen atoms in total. The van der Waals surface area contributed by atoms with Gasteiger partial charge in [-0.15, -0.1) is 0 Å². The van der Waals surface area contributed by atoms with Gasteiger partial charge in [-0.3, -0.25) is 0 Å². The average molecular weight is 380 g/mol. The van der Waals surface area contributed by atoms with E-state index in [9.17, 15) is 4.79 Å². The number of hydrogen-bond donors (Lipinski definition) is 2. The van der Waals surface area contributed by atoms with Gasteiger partial charge in [0.2, 0.25) is 0 Å². The predicted octanol–water partition coefficient (Wildman–Crippen LogP) is 3.03. The van der Waals surface area contributed by atoms with Crippen molar-refractivity contribution in [2.75, 3.05) is 26.2 Å². The van der Waals surface area contributed by atoms with E-state index in [2.05, 4.69) is 27.1 Å². The summed E-state index contributed by atoms with van der Waals surface area (Å²) in [4.78, 5) is 13.1. The average Bonchev–Trinajstić information content (AvgIpc) is 2.51. The smallest absolute Gasteiger partial charge is 0.407 e. The van der Waals surface area contributed by atoms with E-state index in [1.807, 2.05) is 32.9 Å². The molecule has 0 bridgehead atoms. The second kappa shape index (κ2) is 8.50. The van der Waals surface area contributed by atoms with Crippen LogP contribution in [0.25, 0.3) is 0 Å². The van der Waals surface area contributed by atoms with Gasteiger partial charge in [0, 0.05) is 37.1 Å². The molecule has 144 valence electrons. The number of hydrogen-bond acceptors (Lipinski definition) is 6. The van der Waals surface area contributed by atoms with Crippen LogP contribution in [0.3, 0.4) is 0 Å². The van der Waals surface area contributed by atoms with Gasteiger partial charge in [0.15, 0.2) is 0 Å². The quantitative estimate of drug-likeness (QED) is 0.767. The number of amides is 1. The molecule has 1 amide bonds. The van der Waals surface area contributed by atoms with Crippen LogP contribution in [0.5, 0.6) is 5.75 Å². The van der Waals surface area contributed by atoms with Gasteiger partial charge in [0.05, 0.1) is 0 Å². The number of ether oxygens (including phenoxy) is 2. The fourth-order valence-electron chi connectivity index (χ4n) is 2.86. The van der Waals surface area contributed by atoms with E-state index in [0.29, 0.717) is 6.10 Å². The first-order chi connectivity index (χ1) is 12.4. The molecular weight excluding hydrogens is 350 g/mol. The van der Waals surface area contributed by atoms with Crippen LogP contribution >= 0.6 is 11.9 Å². The highest BCUT2D eigenvalue weighted by atomic mass is 32.2. The molecule has 0 saturated carbocycles. The van der Waals surface area contributed by atoms with Crippen molar-refractivity contribution in [3.8, 4) is 5.75 Å². The lowest BCUT2D eigenvalue weighted by Crippen LogP contribution is -2.50. The molecule has 0 aromatic heterocycles. The molecule has 2 saturated heterocycles. The van der Waals surface area contributed by atoms with Gasteiger partial charge in [-0.1, -0.05) is 6.07 Å². The van der Waals surface area contributed by atoms with Crippen LogP contribution < -0.4 is 15.4 Å². The minimum Gasteiger partial charge on any atom is -0.488 e. The van der Waals surface area contributed by atoms with E-state index >= 15 is 0 Å². The highest BCUT2D eigenvalue weighted by Crippen LogP contribution is 2.29. The van der Waals surface area contributed by atoms with Crippen molar-refractivity contribution >= 4 is 18.0 Å². The highest BCUT2D eigenvalue weighted by molar-refractivity contribution is 7.97. The highest BCUT2D eigenvalue weighted by Gasteiger charge is 2.24. The van der Waals surface area contributed by atoms with Crippen molar-refractivity contribution in [3.05, 3.63) is 24.3 Å². The molecule has 2 aliphatic rings. The molecule has 0 radical (unpaired) electrons. The van der Waals surface area contributed by atoms with Crippen LogP contribution in [-0.4, -0.2) is 54.3 Å². The van der Waals surface area contributed by atoms with Gasteiger partial charge in [-0.25, -0.2) is 9.10 Å². The summed E-state index contributed by atoms with van der Waals surface area (Å²) in [6.07, 6.45) is 1.83. The first kappa shape index (κ1) is 19.3. The van der Waals surface area contributed by atoms with Gasteiger partial charge < -0.3 is 20.1 Å². The Hall–Kier alpha value is -1.44. The fraction of sp³-hybridized carbons (Fsp3) is 0.632. The molecule has 0 unspecified atom stereocenters. The number of carbonyl (C=O) groups excluding carboxylic acids is 1. The third kappa shape index (κ3) is 6.07. The van der Waals surface area contributed by atoms with Crippen LogP contribution in [0, 0.1) is 0 Å². The van der Waals surface area contributed by atoms with Crippen LogP contribution in [0.1, 0.15) is 33.6 Å². The fourth-order valence-corrected chi connectivity index (χ4v) is 3.86. The van der Waals surface area contributed by atoms with Crippen LogP contribution in [0.15, 0.2) is 29.2 Å². The Kier molecular flexibility index (Phi) is 6.32. The van der Waals surface area contributed by atoms with Crippen molar-refractivity contribution in [3.63, 3.8) is 0 Å². The second-order valence-corrected chi connectivity index (χ2v) is 8.98. The Morgan fingerprint density at radius 3 is 2.62 bits per heavy atom. The third-order valence-electron chi connectivity index (χ3n) is 4.26. The van der Waals surface area contributed by atoms with Crippen molar-refractivity contribution in [1.29, 1.82) is 0 Å². The van der Waals surface area contributed by atoms with E-state index < -0.39 is 5.60 Å². The summed E-state index contributed by atoms with van der Waals surface area (Å²) in [5.74, 6) is 0.933. The SMILES string of the molecule is CC(C)(C)OC(=O)NC1CCN(Sc2cccc(OC3CNC3)c2)CC1. The minimum absolute atomic E-state index is 0.183. The van der Waals surface area contributed by atoms with E-state index in [0.717, 1.165) is 44.8 Å². The van der Waals surface area contributed by atoms with Crippen LogP contribution in [0.4, 0.5) is 4.79 Å². The normalized spacial score (nSPS) is 19.7. The molecule has 2 heterocycles. The number of benzene rings is 1. The van der Waals surface area contributed by atoms with Crippen molar-refractivity contribution in [2.45, 2.75) is 56.3 Å². The number of piperidine rings is 1. The zero-order valence-electron chi connectivity index (χ0n) is 15.8. The lowest BCUT2D eigenvalue weighted by atomic mass is 10.1. The molecule has 0 spiro atoms. The Morgan fingerprint density at radius 1 is 1.27 bits per heavy atom. The molecule has 0 atom stereocenters. The molecule has 2 aliphatic heterocycles. The van der Waals surface area contributed by atoms with E-state index in [1.54, 1.807) is 11.9 Å². The number of nitrogens with one attached hydrogen (secondary N) is 2. The monoisotopic (exact) mass is 379 g/mol. The molecular formula is C19H29N3O3S. The maximum absolute atomic E-state index is 11.9. The largest absolute Gasteiger partial charge is 0.488 e.